The third-order valence-electron chi connectivity index (χ3n) is 2.63. The van der Waals surface area contributed by atoms with E-state index in [1.54, 1.807) is 30.7 Å². The second-order valence-electron chi connectivity index (χ2n) is 3.92. The van der Waals surface area contributed by atoms with Gasteiger partial charge >= 0.3 is 0 Å². The largest absolute Gasteiger partial charge is 0.383 e. The van der Waals surface area contributed by atoms with E-state index in [0.717, 1.165) is 10.6 Å². The number of rotatable bonds is 6. The van der Waals surface area contributed by atoms with Crippen molar-refractivity contribution in [3.8, 4) is 0 Å². The van der Waals surface area contributed by atoms with E-state index in [2.05, 4.69) is 26.2 Å². The van der Waals surface area contributed by atoms with Crippen LogP contribution < -0.4 is 5.32 Å². The van der Waals surface area contributed by atoms with Crippen molar-refractivity contribution in [2.24, 2.45) is 0 Å². The number of thiazole rings is 1. The third kappa shape index (κ3) is 3.82. The summed E-state index contributed by atoms with van der Waals surface area (Å²) in [5.74, 6) is -0.271. The number of hydrogen-bond acceptors (Lipinski definition) is 4. The first-order valence-electron chi connectivity index (χ1n) is 5.79. The number of halogens is 2. The lowest BCUT2D eigenvalue weighted by atomic mass is 10.1. The average molecular weight is 345 g/mol. The topological polar surface area (TPSA) is 34.1 Å². The van der Waals surface area contributed by atoms with Crippen LogP contribution in [0.2, 0.25) is 0 Å². The van der Waals surface area contributed by atoms with E-state index in [-0.39, 0.29) is 11.9 Å². The molecule has 2 rings (SSSR count). The quantitative estimate of drug-likeness (QED) is 0.815. The van der Waals surface area contributed by atoms with Crippen LogP contribution in [-0.4, -0.2) is 25.2 Å². The van der Waals surface area contributed by atoms with Crippen molar-refractivity contribution in [3.05, 3.63) is 50.6 Å². The first-order valence-corrected chi connectivity index (χ1v) is 7.46. The van der Waals surface area contributed by atoms with Gasteiger partial charge in [-0.3, -0.25) is 0 Å². The van der Waals surface area contributed by atoms with Gasteiger partial charge in [-0.1, -0.05) is 6.07 Å². The zero-order valence-corrected chi connectivity index (χ0v) is 12.8. The molecule has 0 saturated heterocycles. The third-order valence-corrected chi connectivity index (χ3v) is 4.11. The number of benzene rings is 1. The highest BCUT2D eigenvalue weighted by atomic mass is 79.9. The van der Waals surface area contributed by atoms with Gasteiger partial charge in [0.2, 0.25) is 0 Å². The van der Waals surface area contributed by atoms with Crippen LogP contribution in [0, 0.1) is 5.82 Å². The minimum absolute atomic E-state index is 0.113. The minimum atomic E-state index is -0.271. The van der Waals surface area contributed by atoms with E-state index >= 15 is 0 Å². The summed E-state index contributed by atoms with van der Waals surface area (Å²) in [6.45, 7) is 1.28. The number of aromatic nitrogens is 1. The van der Waals surface area contributed by atoms with Gasteiger partial charge in [0.25, 0.3) is 0 Å². The lowest BCUT2D eigenvalue weighted by Gasteiger charge is -2.17. The lowest BCUT2D eigenvalue weighted by molar-refractivity contribution is 0.197. The number of hydrogen-bond donors (Lipinski definition) is 1. The van der Waals surface area contributed by atoms with Crippen LogP contribution in [0.15, 0.2) is 34.2 Å². The Hall–Kier alpha value is -0.820. The predicted octanol–water partition coefficient (Wildman–Crippen LogP) is 3.37. The standard InChI is InChI=1S/C13H14BrFN2OS/c1-18-6-4-16-12(13-17-5-7-19-13)9-2-3-10(14)11(15)8-9/h2-3,5,7-8,12,16H,4,6H2,1H3. The minimum Gasteiger partial charge on any atom is -0.383 e. The molecule has 0 aliphatic carbocycles. The fourth-order valence-electron chi connectivity index (χ4n) is 1.72. The van der Waals surface area contributed by atoms with Gasteiger partial charge in [0, 0.05) is 25.2 Å². The number of ether oxygens (including phenoxy) is 1. The van der Waals surface area contributed by atoms with Gasteiger partial charge in [0.05, 0.1) is 17.1 Å². The Bertz CT molecular complexity index is 521. The smallest absolute Gasteiger partial charge is 0.137 e. The van der Waals surface area contributed by atoms with E-state index in [0.29, 0.717) is 17.6 Å². The number of nitrogens with one attached hydrogen (secondary N) is 1. The van der Waals surface area contributed by atoms with Crippen molar-refractivity contribution >= 4 is 27.3 Å². The van der Waals surface area contributed by atoms with Crippen molar-refractivity contribution in [1.29, 1.82) is 0 Å². The van der Waals surface area contributed by atoms with Crippen molar-refractivity contribution < 1.29 is 9.13 Å². The molecule has 0 radical (unpaired) electrons. The Morgan fingerprint density at radius 3 is 3.00 bits per heavy atom. The maximum absolute atomic E-state index is 13.7. The summed E-state index contributed by atoms with van der Waals surface area (Å²) in [7, 11) is 1.65. The summed E-state index contributed by atoms with van der Waals surface area (Å²) in [6, 6.07) is 5.01. The summed E-state index contributed by atoms with van der Waals surface area (Å²) < 4.78 is 19.1. The number of nitrogens with zero attached hydrogens (tertiary/aromatic N) is 1. The lowest BCUT2D eigenvalue weighted by Crippen LogP contribution is -2.26. The van der Waals surface area contributed by atoms with Gasteiger partial charge in [-0.05, 0) is 33.6 Å². The fraction of sp³-hybridized carbons (Fsp3) is 0.308. The van der Waals surface area contributed by atoms with Crippen LogP contribution >= 0.6 is 27.3 Å². The molecule has 1 heterocycles. The van der Waals surface area contributed by atoms with Crippen LogP contribution in [0.1, 0.15) is 16.6 Å². The molecule has 0 aliphatic heterocycles. The maximum Gasteiger partial charge on any atom is 0.137 e. The molecule has 3 nitrogen and oxygen atoms in total. The SMILES string of the molecule is COCCNC(c1ccc(Br)c(F)c1)c1nccs1. The summed E-state index contributed by atoms with van der Waals surface area (Å²) in [6.07, 6.45) is 1.75. The molecule has 0 amide bonds. The molecule has 0 saturated carbocycles. The van der Waals surface area contributed by atoms with E-state index in [1.807, 2.05) is 11.4 Å². The molecule has 0 aliphatic rings. The molecule has 6 heteroatoms. The van der Waals surface area contributed by atoms with Gasteiger partial charge in [-0.25, -0.2) is 9.37 Å². The molecular weight excluding hydrogens is 331 g/mol. The van der Waals surface area contributed by atoms with Crippen molar-refractivity contribution in [2.45, 2.75) is 6.04 Å². The molecule has 19 heavy (non-hydrogen) atoms. The second kappa shape index (κ2) is 7.09. The van der Waals surface area contributed by atoms with E-state index < -0.39 is 0 Å². The van der Waals surface area contributed by atoms with Crippen molar-refractivity contribution in [3.63, 3.8) is 0 Å². The van der Waals surface area contributed by atoms with Crippen LogP contribution in [-0.2, 0) is 4.74 Å². The van der Waals surface area contributed by atoms with E-state index in [4.69, 9.17) is 4.74 Å². The van der Waals surface area contributed by atoms with Crippen LogP contribution in [0.3, 0.4) is 0 Å². The molecule has 1 N–H and O–H groups in total. The molecule has 102 valence electrons. The highest BCUT2D eigenvalue weighted by molar-refractivity contribution is 9.10. The highest BCUT2D eigenvalue weighted by Gasteiger charge is 2.17. The van der Waals surface area contributed by atoms with E-state index in [1.165, 1.54) is 6.07 Å². The monoisotopic (exact) mass is 344 g/mol. The number of methoxy groups -OCH3 is 1. The Morgan fingerprint density at radius 1 is 1.53 bits per heavy atom. The molecule has 1 unspecified atom stereocenters. The Kier molecular flexibility index (Phi) is 5.45. The zero-order valence-electron chi connectivity index (χ0n) is 10.4. The van der Waals surface area contributed by atoms with Crippen LogP contribution in [0.4, 0.5) is 4.39 Å². The molecule has 0 fully saturated rings. The first kappa shape index (κ1) is 14.6. The Morgan fingerprint density at radius 2 is 2.37 bits per heavy atom. The van der Waals surface area contributed by atoms with Gasteiger partial charge in [0.1, 0.15) is 10.8 Å². The average Bonchev–Trinajstić information content (AvgIpc) is 2.92. The Labute approximate surface area is 124 Å². The van der Waals surface area contributed by atoms with Crippen molar-refractivity contribution in [2.75, 3.05) is 20.3 Å². The summed E-state index contributed by atoms with van der Waals surface area (Å²) >= 11 is 4.71. The van der Waals surface area contributed by atoms with Crippen molar-refractivity contribution in [1.82, 2.24) is 10.3 Å². The predicted molar refractivity (Wildman–Crippen MR) is 77.9 cm³/mol. The van der Waals surface area contributed by atoms with Gasteiger partial charge < -0.3 is 10.1 Å². The molecule has 0 bridgehead atoms. The molecule has 2 aromatic rings. The fourth-order valence-corrected chi connectivity index (χ4v) is 2.71. The highest BCUT2D eigenvalue weighted by Crippen LogP contribution is 2.26. The maximum atomic E-state index is 13.7. The van der Waals surface area contributed by atoms with E-state index in [9.17, 15) is 4.39 Å². The second-order valence-corrected chi connectivity index (χ2v) is 5.70. The summed E-state index contributed by atoms with van der Waals surface area (Å²) in [4.78, 5) is 4.30. The van der Waals surface area contributed by atoms with Gasteiger partial charge in [-0.2, -0.15) is 0 Å². The molecule has 1 aromatic carbocycles. The molecule has 0 spiro atoms. The molecule has 1 atom stereocenters. The normalized spacial score (nSPS) is 12.6. The zero-order chi connectivity index (χ0) is 13.7. The molecular formula is C13H14BrFN2OS. The van der Waals surface area contributed by atoms with Gasteiger partial charge in [-0.15, -0.1) is 11.3 Å². The Balaban J connectivity index is 2.23. The first-order chi connectivity index (χ1) is 9.22. The molecule has 1 aromatic heterocycles. The van der Waals surface area contributed by atoms with Gasteiger partial charge in [0.15, 0.2) is 0 Å². The van der Waals surface area contributed by atoms with Crippen LogP contribution in [0.5, 0.6) is 0 Å². The summed E-state index contributed by atoms with van der Waals surface area (Å²) in [5, 5.41) is 6.15. The van der Waals surface area contributed by atoms with Crippen LogP contribution in [0.25, 0.3) is 0 Å². The summed E-state index contributed by atoms with van der Waals surface area (Å²) in [5.41, 5.74) is 0.853.